The van der Waals surface area contributed by atoms with Crippen LogP contribution in [0, 0.1) is 0 Å². The average molecular weight is 423 g/mol. The summed E-state index contributed by atoms with van der Waals surface area (Å²) in [4.78, 5) is 27.4. The summed E-state index contributed by atoms with van der Waals surface area (Å²) >= 11 is 2.61. The molecule has 2 amide bonds. The number of carbonyl (C=O) groups is 2. The minimum atomic E-state index is -0.240. The molecular weight excluding hydrogens is 396 g/mol. The van der Waals surface area contributed by atoms with Gasteiger partial charge in [0.25, 0.3) is 11.8 Å². The number of rotatable bonds is 9. The van der Waals surface area contributed by atoms with Crippen molar-refractivity contribution in [2.45, 2.75) is 52.4 Å². The van der Waals surface area contributed by atoms with Crippen LogP contribution in [0.3, 0.4) is 0 Å². The Morgan fingerprint density at radius 1 is 1.18 bits per heavy atom. The van der Waals surface area contributed by atoms with E-state index >= 15 is 0 Å². The molecule has 0 aliphatic heterocycles. The molecule has 152 valence electrons. The van der Waals surface area contributed by atoms with E-state index in [2.05, 4.69) is 20.2 Å². The van der Waals surface area contributed by atoms with Crippen molar-refractivity contribution >= 4 is 39.7 Å². The molecule has 0 unspecified atom stereocenters. The Hall–Kier alpha value is -1.84. The van der Waals surface area contributed by atoms with E-state index in [1.54, 1.807) is 0 Å². The highest BCUT2D eigenvalue weighted by atomic mass is 32.1. The highest BCUT2D eigenvalue weighted by Gasteiger charge is 2.27. The first-order valence-corrected chi connectivity index (χ1v) is 11.4. The molecule has 3 rings (SSSR count). The predicted molar refractivity (Wildman–Crippen MR) is 112 cm³/mol. The molecule has 7 nitrogen and oxygen atoms in total. The Balaban J connectivity index is 1.77. The number of carbonyl (C=O) groups excluding carboxylic acids is 2. The first kappa shape index (κ1) is 20.9. The van der Waals surface area contributed by atoms with Crippen LogP contribution in [-0.4, -0.2) is 41.2 Å². The Bertz CT molecular complexity index is 831. The lowest BCUT2D eigenvalue weighted by Gasteiger charge is -2.13. The first-order chi connectivity index (χ1) is 13.7. The second-order valence-electron chi connectivity index (χ2n) is 6.58. The zero-order valence-corrected chi connectivity index (χ0v) is 17.9. The van der Waals surface area contributed by atoms with E-state index < -0.39 is 0 Å². The smallest absolute Gasteiger partial charge is 0.269 e. The lowest BCUT2D eigenvalue weighted by Crippen LogP contribution is -2.27. The van der Waals surface area contributed by atoms with Gasteiger partial charge in [0.1, 0.15) is 9.88 Å². The Labute approximate surface area is 173 Å². The maximum atomic E-state index is 12.9. The Kier molecular flexibility index (Phi) is 7.52. The molecule has 0 fully saturated rings. The number of thiophene rings is 1. The lowest BCUT2D eigenvalue weighted by molar-refractivity contribution is 0.0944. The summed E-state index contributed by atoms with van der Waals surface area (Å²) in [5.74, 6) is -0.361. The number of nitrogens with zero attached hydrogens (tertiary/aromatic N) is 2. The van der Waals surface area contributed by atoms with Gasteiger partial charge < -0.3 is 15.4 Å². The number of hydrogen-bond donors (Lipinski definition) is 2. The second kappa shape index (κ2) is 10.1. The molecule has 1 aliphatic carbocycles. The van der Waals surface area contributed by atoms with Gasteiger partial charge in [-0.1, -0.05) is 11.4 Å². The first-order valence-electron chi connectivity index (χ1n) is 9.78. The normalized spacial score (nSPS) is 13.2. The van der Waals surface area contributed by atoms with E-state index in [-0.39, 0.29) is 11.8 Å². The standard InChI is InChI=1S/C19H26N4O3S2/c1-3-13-16(28-23-22-13)18(25)21-19-15(12-8-5-6-9-14(12)27-19)17(24)20-10-7-11-26-4-2/h3-11H2,1-2H3,(H,20,24)(H,21,25). The van der Waals surface area contributed by atoms with Crippen molar-refractivity contribution in [3.05, 3.63) is 26.6 Å². The summed E-state index contributed by atoms with van der Waals surface area (Å²) in [6.07, 6.45) is 5.44. The fourth-order valence-electron chi connectivity index (χ4n) is 3.28. The average Bonchev–Trinajstić information content (AvgIpc) is 3.31. The highest BCUT2D eigenvalue weighted by Crippen LogP contribution is 2.38. The largest absolute Gasteiger partial charge is 0.382 e. The summed E-state index contributed by atoms with van der Waals surface area (Å²) in [5, 5.41) is 10.6. The maximum Gasteiger partial charge on any atom is 0.269 e. The molecule has 0 atom stereocenters. The van der Waals surface area contributed by atoms with Crippen LogP contribution in [-0.2, 0) is 24.0 Å². The third kappa shape index (κ3) is 4.76. The van der Waals surface area contributed by atoms with E-state index in [1.807, 2.05) is 13.8 Å². The lowest BCUT2D eigenvalue weighted by atomic mass is 9.95. The molecule has 0 bridgehead atoms. The predicted octanol–water partition coefficient (Wildman–Crippen LogP) is 3.45. The number of aromatic nitrogens is 2. The van der Waals surface area contributed by atoms with Crippen LogP contribution >= 0.6 is 22.9 Å². The van der Waals surface area contributed by atoms with Crippen LogP contribution in [0.15, 0.2) is 0 Å². The molecule has 2 N–H and O–H groups in total. The van der Waals surface area contributed by atoms with Crippen LogP contribution < -0.4 is 10.6 Å². The van der Waals surface area contributed by atoms with Gasteiger partial charge in [0.2, 0.25) is 0 Å². The number of fused-ring (bicyclic) bond motifs is 1. The topological polar surface area (TPSA) is 93.2 Å². The maximum absolute atomic E-state index is 12.9. The molecule has 2 aromatic rings. The molecule has 2 aromatic heterocycles. The summed E-state index contributed by atoms with van der Waals surface area (Å²) < 4.78 is 9.21. The van der Waals surface area contributed by atoms with Gasteiger partial charge in [-0.2, -0.15) is 0 Å². The van der Waals surface area contributed by atoms with Crippen LogP contribution in [0.1, 0.15) is 69.3 Å². The van der Waals surface area contributed by atoms with Gasteiger partial charge in [0, 0.05) is 24.6 Å². The summed E-state index contributed by atoms with van der Waals surface area (Å²) in [6.45, 7) is 5.75. The molecule has 0 spiro atoms. The van der Waals surface area contributed by atoms with Gasteiger partial charge in [-0.15, -0.1) is 16.4 Å². The number of amides is 2. The molecule has 1 aliphatic rings. The summed E-state index contributed by atoms with van der Waals surface area (Å²) in [5.41, 5.74) is 2.40. The fraction of sp³-hybridized carbons (Fsp3) is 0.579. The van der Waals surface area contributed by atoms with Crippen LogP contribution in [0.25, 0.3) is 0 Å². The number of nitrogens with one attached hydrogen (secondary N) is 2. The van der Waals surface area contributed by atoms with Crippen molar-refractivity contribution in [1.82, 2.24) is 14.9 Å². The molecule has 0 radical (unpaired) electrons. The number of hydrogen-bond acceptors (Lipinski definition) is 7. The van der Waals surface area contributed by atoms with Crippen molar-refractivity contribution in [3.8, 4) is 0 Å². The zero-order chi connectivity index (χ0) is 19.9. The van der Waals surface area contributed by atoms with Gasteiger partial charge in [-0.05, 0) is 62.5 Å². The van der Waals surface area contributed by atoms with Crippen LogP contribution in [0.5, 0.6) is 0 Å². The van der Waals surface area contributed by atoms with E-state index in [0.717, 1.165) is 49.2 Å². The highest BCUT2D eigenvalue weighted by molar-refractivity contribution is 7.17. The quantitative estimate of drug-likeness (QED) is 0.604. The summed E-state index contributed by atoms with van der Waals surface area (Å²) in [7, 11) is 0. The number of anilines is 1. The molecule has 0 saturated heterocycles. The molecule has 0 aromatic carbocycles. The Morgan fingerprint density at radius 3 is 2.79 bits per heavy atom. The van der Waals surface area contributed by atoms with Crippen LogP contribution in [0.2, 0.25) is 0 Å². The van der Waals surface area contributed by atoms with Crippen molar-refractivity contribution in [2.75, 3.05) is 25.1 Å². The van der Waals surface area contributed by atoms with Gasteiger partial charge in [-0.3, -0.25) is 9.59 Å². The van der Waals surface area contributed by atoms with E-state index in [1.165, 1.54) is 16.2 Å². The zero-order valence-electron chi connectivity index (χ0n) is 16.3. The van der Waals surface area contributed by atoms with Gasteiger partial charge in [-0.25, -0.2) is 0 Å². The minimum Gasteiger partial charge on any atom is -0.382 e. The Morgan fingerprint density at radius 2 is 2.00 bits per heavy atom. The second-order valence-corrected chi connectivity index (χ2v) is 8.44. The molecule has 2 heterocycles. The van der Waals surface area contributed by atoms with E-state index in [0.29, 0.717) is 47.3 Å². The third-order valence-electron chi connectivity index (χ3n) is 4.68. The van der Waals surface area contributed by atoms with Crippen molar-refractivity contribution < 1.29 is 14.3 Å². The third-order valence-corrected chi connectivity index (χ3v) is 6.65. The number of aryl methyl sites for hydroxylation is 2. The minimum absolute atomic E-state index is 0.121. The molecule has 28 heavy (non-hydrogen) atoms. The fourth-order valence-corrected chi connectivity index (χ4v) is 5.20. The van der Waals surface area contributed by atoms with Gasteiger partial charge in [0.15, 0.2) is 0 Å². The van der Waals surface area contributed by atoms with E-state index in [9.17, 15) is 9.59 Å². The SMILES string of the molecule is CCOCCCNC(=O)c1c(NC(=O)c2snnc2CC)sc2c1CCCC2. The molecule has 9 heteroatoms. The van der Waals surface area contributed by atoms with E-state index in [4.69, 9.17) is 4.74 Å². The van der Waals surface area contributed by atoms with Crippen molar-refractivity contribution in [1.29, 1.82) is 0 Å². The van der Waals surface area contributed by atoms with Gasteiger partial charge in [0.05, 0.1) is 11.3 Å². The van der Waals surface area contributed by atoms with Crippen LogP contribution in [0.4, 0.5) is 5.00 Å². The summed E-state index contributed by atoms with van der Waals surface area (Å²) in [6, 6.07) is 0. The molecular formula is C19H26N4O3S2. The van der Waals surface area contributed by atoms with Crippen molar-refractivity contribution in [3.63, 3.8) is 0 Å². The molecule has 0 saturated carbocycles. The number of ether oxygens (including phenoxy) is 1. The monoisotopic (exact) mass is 422 g/mol. The van der Waals surface area contributed by atoms with Gasteiger partial charge >= 0.3 is 0 Å². The van der Waals surface area contributed by atoms with Crippen molar-refractivity contribution in [2.24, 2.45) is 0 Å².